The fourth-order valence-electron chi connectivity index (χ4n) is 1.60. The Morgan fingerprint density at radius 1 is 1.16 bits per heavy atom. The van der Waals surface area contributed by atoms with Gasteiger partial charge in [-0.1, -0.05) is 0 Å². The van der Waals surface area contributed by atoms with E-state index >= 15 is 0 Å². The lowest BCUT2D eigenvalue weighted by Gasteiger charge is -2.18. The summed E-state index contributed by atoms with van der Waals surface area (Å²) in [5.41, 5.74) is 0.221. The van der Waals surface area contributed by atoms with E-state index in [4.69, 9.17) is 14.2 Å². The molecule has 1 aromatic rings. The number of rotatable bonds is 5. The first-order chi connectivity index (χ1) is 9.01. The topological polar surface area (TPSA) is 74.2 Å². The quantitative estimate of drug-likeness (QED) is 0.826. The molecule has 0 aliphatic rings. The van der Waals surface area contributed by atoms with E-state index in [2.05, 4.69) is 20.7 Å². The van der Waals surface area contributed by atoms with Crippen LogP contribution in [0.5, 0.6) is 17.2 Å². The molecular weight excluding hydrogens is 320 g/mol. The molecule has 1 rings (SSSR count). The smallest absolute Gasteiger partial charge is 0.339 e. The minimum atomic E-state index is -1.48. The molecule has 1 N–H and O–H groups in total. The van der Waals surface area contributed by atoms with Crippen molar-refractivity contribution in [3.63, 3.8) is 0 Å². The van der Waals surface area contributed by atoms with Gasteiger partial charge in [-0.15, -0.1) is 0 Å². The fourth-order valence-corrected chi connectivity index (χ4v) is 2.35. The van der Waals surface area contributed by atoms with Crippen molar-refractivity contribution < 1.29 is 28.8 Å². The summed E-state index contributed by atoms with van der Waals surface area (Å²) in [6.07, 6.45) is -1.48. The first-order valence-corrected chi connectivity index (χ1v) is 6.05. The Morgan fingerprint density at radius 2 is 1.74 bits per heavy atom. The van der Waals surface area contributed by atoms with E-state index in [1.165, 1.54) is 34.5 Å². The highest BCUT2D eigenvalue weighted by atomic mass is 79.9. The van der Waals surface area contributed by atoms with E-state index in [-0.39, 0.29) is 11.3 Å². The summed E-state index contributed by atoms with van der Waals surface area (Å²) in [7, 11) is 5.52. The Morgan fingerprint density at radius 3 is 2.16 bits per heavy atom. The van der Waals surface area contributed by atoms with Crippen molar-refractivity contribution in [3.8, 4) is 17.2 Å². The summed E-state index contributed by atoms with van der Waals surface area (Å²) in [5, 5.41) is 9.94. The largest absolute Gasteiger partial charge is 0.495 e. The van der Waals surface area contributed by atoms with Crippen LogP contribution >= 0.6 is 15.9 Å². The van der Waals surface area contributed by atoms with Crippen molar-refractivity contribution in [2.75, 3.05) is 28.4 Å². The Labute approximate surface area is 119 Å². The summed E-state index contributed by atoms with van der Waals surface area (Å²) < 4.78 is 20.5. The van der Waals surface area contributed by atoms with E-state index in [0.717, 1.165) is 0 Å². The highest BCUT2D eigenvalue weighted by Gasteiger charge is 2.27. The molecule has 0 bridgehead atoms. The zero-order valence-corrected chi connectivity index (χ0v) is 12.6. The molecule has 1 atom stereocenters. The summed E-state index contributed by atoms with van der Waals surface area (Å²) in [5.74, 6) is 0.237. The number of carbonyl (C=O) groups is 1. The van der Waals surface area contributed by atoms with Gasteiger partial charge >= 0.3 is 5.97 Å². The minimum Gasteiger partial charge on any atom is -0.495 e. The second-order valence-electron chi connectivity index (χ2n) is 3.47. The number of benzene rings is 1. The average molecular weight is 335 g/mol. The van der Waals surface area contributed by atoms with Gasteiger partial charge in [0.1, 0.15) is 10.2 Å². The number of carbonyl (C=O) groups excluding carboxylic acids is 1. The SMILES string of the molecule is COC(=O)C(O)c1cc(OC)c(OC)c(Br)c1OC. The molecule has 0 saturated carbocycles. The molecule has 19 heavy (non-hydrogen) atoms. The van der Waals surface area contributed by atoms with Crippen molar-refractivity contribution in [2.24, 2.45) is 0 Å². The maximum Gasteiger partial charge on any atom is 0.339 e. The van der Waals surface area contributed by atoms with Crippen molar-refractivity contribution in [1.82, 2.24) is 0 Å². The van der Waals surface area contributed by atoms with Gasteiger partial charge in [-0.25, -0.2) is 4.79 Å². The summed E-state index contributed by atoms with van der Waals surface area (Å²) in [6, 6.07) is 1.46. The van der Waals surface area contributed by atoms with E-state index in [9.17, 15) is 9.90 Å². The van der Waals surface area contributed by atoms with Crippen LogP contribution in [-0.4, -0.2) is 39.5 Å². The number of hydrogen-bond acceptors (Lipinski definition) is 6. The van der Waals surface area contributed by atoms with Gasteiger partial charge in [0.2, 0.25) is 0 Å². The highest BCUT2D eigenvalue weighted by molar-refractivity contribution is 9.10. The predicted molar refractivity (Wildman–Crippen MR) is 70.8 cm³/mol. The number of aliphatic hydroxyl groups excluding tert-OH is 1. The molecule has 0 radical (unpaired) electrons. The molecule has 0 saturated heterocycles. The monoisotopic (exact) mass is 334 g/mol. The lowest BCUT2D eigenvalue weighted by molar-refractivity contribution is -0.150. The van der Waals surface area contributed by atoms with Gasteiger partial charge in [0.25, 0.3) is 0 Å². The van der Waals surface area contributed by atoms with Crippen molar-refractivity contribution in [1.29, 1.82) is 0 Å². The van der Waals surface area contributed by atoms with Gasteiger partial charge in [0, 0.05) is 5.56 Å². The molecule has 1 aromatic carbocycles. The molecule has 106 valence electrons. The van der Waals surface area contributed by atoms with E-state index in [1.807, 2.05) is 0 Å². The molecule has 0 aromatic heterocycles. The Kier molecular flexibility index (Phi) is 5.44. The third kappa shape index (κ3) is 2.93. The number of halogens is 1. The fraction of sp³-hybridized carbons (Fsp3) is 0.417. The number of esters is 1. The standard InChI is InChI=1S/C12H15BrO6/c1-16-7-5-6(9(14)12(15)19-4)10(17-2)8(13)11(7)18-3/h5,9,14H,1-4H3. The van der Waals surface area contributed by atoms with Gasteiger partial charge in [-0.3, -0.25) is 0 Å². The molecule has 6 nitrogen and oxygen atoms in total. The summed E-state index contributed by atoms with van der Waals surface area (Å²) in [4.78, 5) is 11.4. The van der Waals surface area contributed by atoms with Gasteiger partial charge in [0.05, 0.1) is 28.4 Å². The molecule has 7 heteroatoms. The third-order valence-corrected chi connectivity index (χ3v) is 3.24. The maximum absolute atomic E-state index is 11.4. The molecule has 0 spiro atoms. The third-order valence-electron chi connectivity index (χ3n) is 2.52. The van der Waals surface area contributed by atoms with Crippen LogP contribution in [-0.2, 0) is 9.53 Å². The molecule has 0 fully saturated rings. The van der Waals surface area contributed by atoms with Crippen molar-refractivity contribution in [2.45, 2.75) is 6.10 Å². The van der Waals surface area contributed by atoms with Crippen molar-refractivity contribution in [3.05, 3.63) is 16.1 Å². The maximum atomic E-state index is 11.4. The van der Waals surface area contributed by atoms with Crippen LogP contribution in [0.15, 0.2) is 10.5 Å². The number of aliphatic hydroxyl groups is 1. The molecule has 0 amide bonds. The molecule has 0 aliphatic carbocycles. The van der Waals surface area contributed by atoms with Gasteiger partial charge in [-0.2, -0.15) is 0 Å². The zero-order chi connectivity index (χ0) is 14.6. The lowest BCUT2D eigenvalue weighted by atomic mass is 10.1. The molecule has 1 unspecified atom stereocenters. The minimum absolute atomic E-state index is 0.221. The summed E-state index contributed by atoms with van der Waals surface area (Å²) >= 11 is 3.29. The second-order valence-corrected chi connectivity index (χ2v) is 4.27. The van der Waals surface area contributed by atoms with Crippen LogP contribution in [0.4, 0.5) is 0 Å². The van der Waals surface area contributed by atoms with Crippen LogP contribution in [0.1, 0.15) is 11.7 Å². The van der Waals surface area contributed by atoms with Crippen LogP contribution in [0.25, 0.3) is 0 Å². The van der Waals surface area contributed by atoms with Gasteiger partial charge in [0.15, 0.2) is 17.6 Å². The zero-order valence-electron chi connectivity index (χ0n) is 11.0. The van der Waals surface area contributed by atoms with Crippen LogP contribution < -0.4 is 14.2 Å². The van der Waals surface area contributed by atoms with Gasteiger partial charge < -0.3 is 24.1 Å². The molecular formula is C12H15BrO6. The first kappa shape index (κ1) is 15.6. The normalized spacial score (nSPS) is 11.7. The predicted octanol–water partition coefficient (Wildman–Crippen LogP) is 1.68. The Bertz CT molecular complexity index is 474. The highest BCUT2D eigenvalue weighted by Crippen LogP contribution is 2.46. The summed E-state index contributed by atoms with van der Waals surface area (Å²) in [6.45, 7) is 0. The number of hydrogen-bond donors (Lipinski definition) is 1. The number of methoxy groups -OCH3 is 4. The van der Waals surface area contributed by atoms with Gasteiger partial charge in [-0.05, 0) is 22.0 Å². The average Bonchev–Trinajstić information content (AvgIpc) is 2.44. The van der Waals surface area contributed by atoms with Crippen molar-refractivity contribution >= 4 is 21.9 Å². The van der Waals surface area contributed by atoms with E-state index < -0.39 is 12.1 Å². The Hall–Kier alpha value is -1.47. The number of ether oxygens (including phenoxy) is 4. The van der Waals surface area contributed by atoms with Crippen LogP contribution in [0.3, 0.4) is 0 Å². The molecule has 0 aliphatic heterocycles. The first-order valence-electron chi connectivity index (χ1n) is 5.26. The van der Waals surface area contributed by atoms with E-state index in [0.29, 0.717) is 16.0 Å². The van der Waals surface area contributed by atoms with E-state index in [1.54, 1.807) is 0 Å². The molecule has 0 heterocycles. The van der Waals surface area contributed by atoms with Crippen LogP contribution in [0, 0.1) is 0 Å². The van der Waals surface area contributed by atoms with Crippen LogP contribution in [0.2, 0.25) is 0 Å². The Balaban J connectivity index is 3.46. The second kappa shape index (κ2) is 6.63. The lowest BCUT2D eigenvalue weighted by Crippen LogP contribution is -2.15.